The normalized spacial score (nSPS) is 11.3. The minimum absolute atomic E-state index is 0.0499. The summed E-state index contributed by atoms with van der Waals surface area (Å²) in [7, 11) is 1.67. The average molecular weight is 338 g/mol. The molecule has 0 saturated carbocycles. The molecule has 25 heavy (non-hydrogen) atoms. The van der Waals surface area contributed by atoms with Crippen LogP contribution in [0.15, 0.2) is 52.7 Å². The van der Waals surface area contributed by atoms with Crippen LogP contribution in [-0.2, 0) is 7.05 Å². The van der Waals surface area contributed by atoms with Crippen molar-refractivity contribution in [1.82, 2.24) is 4.57 Å². The lowest BCUT2D eigenvalue weighted by Crippen LogP contribution is -1.95. The minimum atomic E-state index is -0.729. The molecule has 0 aliphatic rings. The lowest BCUT2D eigenvalue weighted by molar-refractivity contribution is -0.384. The van der Waals surface area contributed by atoms with Crippen molar-refractivity contribution in [2.45, 2.75) is 6.92 Å². The van der Waals surface area contributed by atoms with Gasteiger partial charge in [0.25, 0.3) is 11.6 Å². The molecule has 0 bridgehead atoms. The number of hydrogen-bond donors (Lipinski definition) is 1. The van der Waals surface area contributed by atoms with E-state index >= 15 is 0 Å². The van der Waals surface area contributed by atoms with E-state index in [2.05, 4.69) is 10.2 Å². The molecule has 1 aromatic heterocycles. The summed E-state index contributed by atoms with van der Waals surface area (Å²) >= 11 is 0. The number of aromatic hydroxyl groups is 1. The van der Waals surface area contributed by atoms with E-state index in [0.717, 1.165) is 17.1 Å². The predicted octanol–water partition coefficient (Wildman–Crippen LogP) is 4.02. The number of nitrogens with zero attached hydrogens (tertiary/aromatic N) is 4. The molecule has 0 radical (unpaired) electrons. The van der Waals surface area contributed by atoms with E-state index in [4.69, 9.17) is 0 Å². The van der Waals surface area contributed by atoms with E-state index < -0.39 is 10.8 Å². The maximum atomic E-state index is 12.1. The molecule has 1 N–H and O–H groups in total. The van der Waals surface area contributed by atoms with Gasteiger partial charge in [0, 0.05) is 24.6 Å². The molecule has 126 valence electrons. The second-order valence-electron chi connectivity index (χ2n) is 5.56. The highest BCUT2D eigenvalue weighted by atomic mass is 16.6. The summed E-state index contributed by atoms with van der Waals surface area (Å²) < 4.78 is 1.54. The van der Waals surface area contributed by atoms with Gasteiger partial charge in [0.15, 0.2) is 5.69 Å². The third kappa shape index (κ3) is 2.97. The minimum Gasteiger partial charge on any atom is -0.493 e. The van der Waals surface area contributed by atoms with Crippen LogP contribution in [0.1, 0.15) is 15.9 Å². The lowest BCUT2D eigenvalue weighted by Gasteiger charge is -1.96. The first kappa shape index (κ1) is 16.3. The third-order valence-electron chi connectivity index (χ3n) is 3.84. The van der Waals surface area contributed by atoms with E-state index in [1.54, 1.807) is 11.6 Å². The summed E-state index contributed by atoms with van der Waals surface area (Å²) in [5.74, 6) is -0.844. The van der Waals surface area contributed by atoms with Crippen molar-refractivity contribution in [3.05, 3.63) is 63.7 Å². The number of aromatic nitrogens is 1. The van der Waals surface area contributed by atoms with Crippen LogP contribution in [0.2, 0.25) is 0 Å². The summed E-state index contributed by atoms with van der Waals surface area (Å²) in [6.07, 6.45) is 0. The first-order chi connectivity index (χ1) is 11.9. The molecule has 0 atom stereocenters. The summed E-state index contributed by atoms with van der Waals surface area (Å²) in [5, 5.41) is 29.2. The molecule has 0 unspecified atom stereocenters. The van der Waals surface area contributed by atoms with Gasteiger partial charge < -0.3 is 9.67 Å². The number of aryl methyl sites for hydroxylation is 2. The van der Waals surface area contributed by atoms with Crippen LogP contribution in [0.5, 0.6) is 5.88 Å². The first-order valence-corrected chi connectivity index (χ1v) is 7.37. The number of azo groups is 1. The van der Waals surface area contributed by atoms with Crippen LogP contribution >= 0.6 is 0 Å². The number of nitro benzene ring substituents is 1. The van der Waals surface area contributed by atoms with Crippen LogP contribution in [0.25, 0.3) is 10.9 Å². The van der Waals surface area contributed by atoms with Crippen molar-refractivity contribution in [3.8, 4) is 5.88 Å². The van der Waals surface area contributed by atoms with E-state index in [-0.39, 0.29) is 22.8 Å². The van der Waals surface area contributed by atoms with Crippen LogP contribution in [0, 0.1) is 17.0 Å². The Labute approximate surface area is 142 Å². The Bertz CT molecular complexity index is 1040. The second-order valence-corrected chi connectivity index (χ2v) is 5.56. The number of nitro groups is 1. The van der Waals surface area contributed by atoms with Gasteiger partial charge in [0.1, 0.15) is 0 Å². The molecule has 3 rings (SSSR count). The molecule has 3 aromatic rings. The summed E-state index contributed by atoms with van der Waals surface area (Å²) in [5.41, 5.74) is 1.75. The van der Waals surface area contributed by atoms with Gasteiger partial charge in [-0.1, -0.05) is 17.7 Å². The zero-order valence-corrected chi connectivity index (χ0v) is 13.5. The molecule has 8 nitrogen and oxygen atoms in total. The third-order valence-corrected chi connectivity index (χ3v) is 3.84. The topological polar surface area (TPSA) is 110 Å². The molecular formula is C17H14N4O4. The van der Waals surface area contributed by atoms with Crippen molar-refractivity contribution in [2.75, 3.05) is 0 Å². The molecule has 0 spiro atoms. The molecule has 0 fully saturated rings. The van der Waals surface area contributed by atoms with Gasteiger partial charge in [-0.25, -0.2) is 0 Å². The van der Waals surface area contributed by atoms with Crippen molar-refractivity contribution in [1.29, 1.82) is 0 Å². The molecule has 0 aliphatic heterocycles. The molecule has 2 aromatic carbocycles. The Morgan fingerprint density at radius 2 is 2.00 bits per heavy atom. The Morgan fingerprint density at radius 3 is 2.72 bits per heavy atom. The van der Waals surface area contributed by atoms with Gasteiger partial charge in [-0.05, 0) is 25.1 Å². The number of benzene rings is 2. The number of non-ortho nitro benzene ring substituents is 1. The number of carbonyl (C=O) groups excluding carboxylic acids is 1. The van der Waals surface area contributed by atoms with Gasteiger partial charge in [-0.2, -0.15) is 0 Å². The highest BCUT2D eigenvalue weighted by Gasteiger charge is 2.16. The van der Waals surface area contributed by atoms with Gasteiger partial charge in [0.2, 0.25) is 5.88 Å². The molecule has 1 heterocycles. The van der Waals surface area contributed by atoms with Gasteiger partial charge >= 0.3 is 0 Å². The largest absolute Gasteiger partial charge is 0.493 e. The number of hydrogen-bond acceptors (Lipinski definition) is 5. The zero-order valence-electron chi connectivity index (χ0n) is 13.5. The van der Waals surface area contributed by atoms with Crippen molar-refractivity contribution in [3.63, 3.8) is 0 Å². The zero-order chi connectivity index (χ0) is 18.1. The highest BCUT2D eigenvalue weighted by Crippen LogP contribution is 2.38. The highest BCUT2D eigenvalue weighted by molar-refractivity contribution is 5.97. The molecule has 1 amide bonds. The monoisotopic (exact) mass is 338 g/mol. The van der Waals surface area contributed by atoms with Gasteiger partial charge in [0.05, 0.1) is 16.0 Å². The fraction of sp³-hybridized carbons (Fsp3) is 0.118. The fourth-order valence-corrected chi connectivity index (χ4v) is 2.53. The first-order valence-electron chi connectivity index (χ1n) is 7.37. The standard InChI is InChI=1S/C17H14N4O4/c1-10-6-7-14-13(8-10)15(17(23)20(14)2)18-19-16(22)11-4-3-5-12(9-11)21(24)25/h3-9,23H,1-2H3. The Hall–Kier alpha value is -3.55. The lowest BCUT2D eigenvalue weighted by atomic mass is 10.1. The van der Waals surface area contributed by atoms with Crippen molar-refractivity contribution in [2.24, 2.45) is 17.3 Å². The summed E-state index contributed by atoms with van der Waals surface area (Å²) in [6.45, 7) is 1.90. The fourth-order valence-electron chi connectivity index (χ4n) is 2.53. The Balaban J connectivity index is 2.00. The molecular weight excluding hydrogens is 324 g/mol. The number of rotatable bonds is 3. The quantitative estimate of drug-likeness (QED) is 0.441. The molecule has 8 heteroatoms. The van der Waals surface area contributed by atoms with Crippen LogP contribution < -0.4 is 0 Å². The summed E-state index contributed by atoms with van der Waals surface area (Å²) in [4.78, 5) is 22.3. The van der Waals surface area contributed by atoms with Crippen LogP contribution in [-0.4, -0.2) is 20.5 Å². The number of fused-ring (bicyclic) bond motifs is 1. The Kier molecular flexibility index (Phi) is 4.02. The Morgan fingerprint density at radius 1 is 1.24 bits per heavy atom. The maximum Gasteiger partial charge on any atom is 0.295 e. The van der Waals surface area contributed by atoms with Crippen LogP contribution in [0.4, 0.5) is 11.4 Å². The van der Waals surface area contributed by atoms with Crippen LogP contribution in [0.3, 0.4) is 0 Å². The summed E-state index contributed by atoms with van der Waals surface area (Å²) in [6, 6.07) is 10.8. The van der Waals surface area contributed by atoms with Crippen molar-refractivity contribution < 1.29 is 14.8 Å². The average Bonchev–Trinajstić information content (AvgIpc) is 2.83. The smallest absolute Gasteiger partial charge is 0.295 e. The van der Waals surface area contributed by atoms with E-state index in [1.807, 2.05) is 25.1 Å². The van der Waals surface area contributed by atoms with E-state index in [0.29, 0.717) is 5.39 Å². The number of carbonyl (C=O) groups is 1. The second kappa shape index (κ2) is 6.16. The van der Waals surface area contributed by atoms with Crippen molar-refractivity contribution >= 4 is 28.2 Å². The van der Waals surface area contributed by atoms with Gasteiger partial charge in [-0.15, -0.1) is 10.2 Å². The SMILES string of the molecule is Cc1ccc2c(c1)c(N=NC(=O)c1cccc([N+](=O)[O-])c1)c(O)n2C. The van der Waals surface area contributed by atoms with Gasteiger partial charge in [-0.3, -0.25) is 14.9 Å². The van der Waals surface area contributed by atoms with E-state index in [1.165, 1.54) is 18.2 Å². The molecule has 0 aliphatic carbocycles. The maximum absolute atomic E-state index is 12.1. The van der Waals surface area contributed by atoms with E-state index in [9.17, 15) is 20.0 Å². The number of amides is 1. The predicted molar refractivity (Wildman–Crippen MR) is 91.3 cm³/mol. The molecule has 0 saturated heterocycles.